The van der Waals surface area contributed by atoms with Crippen LogP contribution in [0.5, 0.6) is 0 Å². The van der Waals surface area contributed by atoms with Crippen molar-refractivity contribution in [3.05, 3.63) is 81.6 Å². The van der Waals surface area contributed by atoms with Gasteiger partial charge in [0.15, 0.2) is 5.76 Å². The molecular weight excluding hydrogens is 318 g/mol. The molecule has 3 aromatic rings. The van der Waals surface area contributed by atoms with Crippen molar-refractivity contribution in [2.45, 2.75) is 19.8 Å². The molecule has 0 atom stereocenters. The van der Waals surface area contributed by atoms with E-state index in [4.69, 9.17) is 4.42 Å². The van der Waals surface area contributed by atoms with Crippen LogP contribution >= 0.6 is 0 Å². The van der Waals surface area contributed by atoms with E-state index in [-0.39, 0.29) is 23.1 Å². The molecule has 0 unspecified atom stereocenters. The molecular formula is C20H17NO4. The van der Waals surface area contributed by atoms with Crippen molar-refractivity contribution in [2.75, 3.05) is 0 Å². The number of carbonyl (C=O) groups is 1. The lowest BCUT2D eigenvalue weighted by Crippen LogP contribution is -1.98. The molecule has 25 heavy (non-hydrogen) atoms. The van der Waals surface area contributed by atoms with E-state index in [0.29, 0.717) is 16.7 Å². The summed E-state index contributed by atoms with van der Waals surface area (Å²) < 4.78 is 5.52. The normalized spacial score (nSPS) is 11.5. The van der Waals surface area contributed by atoms with Gasteiger partial charge in [-0.05, 0) is 29.7 Å². The summed E-state index contributed by atoms with van der Waals surface area (Å²) in [6.07, 6.45) is 2.93. The molecule has 5 heteroatoms. The average molecular weight is 335 g/mol. The number of hydrogen-bond acceptors (Lipinski definition) is 4. The van der Waals surface area contributed by atoms with Crippen LogP contribution in [0.4, 0.5) is 5.69 Å². The third kappa shape index (κ3) is 3.50. The van der Waals surface area contributed by atoms with Gasteiger partial charge >= 0.3 is 0 Å². The second-order valence-corrected chi connectivity index (χ2v) is 6.08. The highest BCUT2D eigenvalue weighted by atomic mass is 16.6. The van der Waals surface area contributed by atoms with Gasteiger partial charge in [0.25, 0.3) is 5.69 Å². The average Bonchev–Trinajstić information content (AvgIpc) is 3.03. The van der Waals surface area contributed by atoms with E-state index in [9.17, 15) is 14.9 Å². The molecule has 1 aromatic heterocycles. The van der Waals surface area contributed by atoms with Crippen molar-refractivity contribution in [2.24, 2.45) is 0 Å². The van der Waals surface area contributed by atoms with E-state index in [0.717, 1.165) is 5.39 Å². The van der Waals surface area contributed by atoms with E-state index in [1.165, 1.54) is 12.1 Å². The molecule has 0 aliphatic rings. The monoisotopic (exact) mass is 335 g/mol. The Hall–Kier alpha value is -3.21. The molecule has 2 aromatic carbocycles. The maximum Gasteiger partial charge on any atom is 0.273 e. The first kappa shape index (κ1) is 16.6. The third-order valence-corrected chi connectivity index (χ3v) is 3.97. The van der Waals surface area contributed by atoms with Gasteiger partial charge in [-0.3, -0.25) is 14.9 Å². The second-order valence-electron chi connectivity index (χ2n) is 6.08. The van der Waals surface area contributed by atoms with E-state index in [2.05, 4.69) is 0 Å². The first-order valence-corrected chi connectivity index (χ1v) is 7.95. The Morgan fingerprint density at radius 1 is 1.16 bits per heavy atom. The van der Waals surface area contributed by atoms with Gasteiger partial charge in [0, 0.05) is 17.0 Å². The minimum atomic E-state index is -0.395. The standard InChI is InChI=1S/C20H17NO4/c1-13(2)16-9-7-14(11-17(16)21(23)24)8-10-18(22)20-12-15-5-3-4-6-19(15)25-20/h3-13H,1-2H3/b10-8+. The number of hydrogen-bond donors (Lipinski definition) is 0. The molecule has 0 fully saturated rings. The lowest BCUT2D eigenvalue weighted by molar-refractivity contribution is -0.385. The van der Waals surface area contributed by atoms with Crippen molar-refractivity contribution in [1.82, 2.24) is 0 Å². The summed E-state index contributed by atoms with van der Waals surface area (Å²) in [4.78, 5) is 23.1. The first-order valence-electron chi connectivity index (χ1n) is 7.95. The van der Waals surface area contributed by atoms with Crippen LogP contribution in [0, 0.1) is 10.1 Å². The second kappa shape index (κ2) is 6.73. The van der Waals surface area contributed by atoms with E-state index in [1.54, 1.807) is 30.3 Å². The highest BCUT2D eigenvalue weighted by Gasteiger charge is 2.16. The van der Waals surface area contributed by atoms with Crippen LogP contribution in [0.2, 0.25) is 0 Å². The van der Waals surface area contributed by atoms with Crippen molar-refractivity contribution in [3.63, 3.8) is 0 Å². The molecule has 0 spiro atoms. The van der Waals surface area contributed by atoms with Crippen LogP contribution in [-0.2, 0) is 0 Å². The lowest BCUT2D eigenvalue weighted by atomic mass is 9.99. The number of rotatable bonds is 5. The van der Waals surface area contributed by atoms with Crippen LogP contribution < -0.4 is 0 Å². The van der Waals surface area contributed by atoms with Gasteiger partial charge < -0.3 is 4.42 Å². The van der Waals surface area contributed by atoms with Crippen LogP contribution in [0.1, 0.15) is 41.4 Å². The summed E-state index contributed by atoms with van der Waals surface area (Å²) in [5.41, 5.74) is 1.98. The lowest BCUT2D eigenvalue weighted by Gasteiger charge is -2.06. The number of para-hydroxylation sites is 1. The number of nitrogens with zero attached hydrogens (tertiary/aromatic N) is 1. The minimum absolute atomic E-state index is 0.0515. The van der Waals surface area contributed by atoms with Crippen molar-refractivity contribution < 1.29 is 14.1 Å². The van der Waals surface area contributed by atoms with Crippen molar-refractivity contribution >= 4 is 28.5 Å². The summed E-state index contributed by atoms with van der Waals surface area (Å²) in [6, 6.07) is 14.0. The summed E-state index contributed by atoms with van der Waals surface area (Å²) in [7, 11) is 0. The molecule has 0 N–H and O–H groups in total. The summed E-state index contributed by atoms with van der Waals surface area (Å²) in [6.45, 7) is 3.81. The highest BCUT2D eigenvalue weighted by Crippen LogP contribution is 2.28. The number of allylic oxidation sites excluding steroid dienone is 1. The Morgan fingerprint density at radius 3 is 2.60 bits per heavy atom. The number of furan rings is 1. The predicted molar refractivity (Wildman–Crippen MR) is 96.8 cm³/mol. The van der Waals surface area contributed by atoms with Crippen molar-refractivity contribution in [3.8, 4) is 0 Å². The van der Waals surface area contributed by atoms with Gasteiger partial charge in [-0.2, -0.15) is 0 Å². The fraction of sp³-hybridized carbons (Fsp3) is 0.150. The quantitative estimate of drug-likeness (QED) is 0.272. The van der Waals surface area contributed by atoms with Gasteiger partial charge in [0.2, 0.25) is 5.78 Å². The highest BCUT2D eigenvalue weighted by molar-refractivity contribution is 6.07. The van der Waals surface area contributed by atoms with E-state index >= 15 is 0 Å². The molecule has 5 nitrogen and oxygen atoms in total. The van der Waals surface area contributed by atoms with Gasteiger partial charge in [-0.25, -0.2) is 0 Å². The molecule has 0 aliphatic carbocycles. The number of carbonyl (C=O) groups excluding carboxylic acids is 1. The number of nitro groups is 1. The first-order chi connectivity index (χ1) is 12.0. The van der Waals surface area contributed by atoms with Gasteiger partial charge in [0.05, 0.1) is 4.92 Å². The van der Waals surface area contributed by atoms with Crippen LogP contribution in [0.15, 0.2) is 59.0 Å². The zero-order valence-corrected chi connectivity index (χ0v) is 13.9. The Kier molecular flexibility index (Phi) is 4.48. The molecule has 126 valence electrons. The Labute approximate surface area is 144 Å². The van der Waals surface area contributed by atoms with Crippen LogP contribution in [-0.4, -0.2) is 10.7 Å². The third-order valence-electron chi connectivity index (χ3n) is 3.97. The molecule has 0 radical (unpaired) electrons. The molecule has 0 saturated carbocycles. The van der Waals surface area contributed by atoms with Gasteiger partial charge in [0.1, 0.15) is 5.58 Å². The number of benzene rings is 2. The maximum absolute atomic E-state index is 12.3. The smallest absolute Gasteiger partial charge is 0.273 e. The van der Waals surface area contributed by atoms with Crippen molar-refractivity contribution in [1.29, 1.82) is 0 Å². The SMILES string of the molecule is CC(C)c1ccc(/C=C/C(=O)c2cc3ccccc3o2)cc1[N+](=O)[O-]. The Bertz CT molecular complexity index is 949. The van der Waals surface area contributed by atoms with Gasteiger partial charge in [-0.1, -0.05) is 50.3 Å². The molecule has 0 bridgehead atoms. The molecule has 1 heterocycles. The summed E-state index contributed by atoms with van der Waals surface area (Å²) in [5.74, 6) is 0.00755. The number of ketones is 1. The van der Waals surface area contributed by atoms with E-state index < -0.39 is 4.92 Å². The van der Waals surface area contributed by atoms with Crippen LogP contribution in [0.3, 0.4) is 0 Å². The van der Waals surface area contributed by atoms with Gasteiger partial charge in [-0.15, -0.1) is 0 Å². The minimum Gasteiger partial charge on any atom is -0.453 e. The fourth-order valence-electron chi connectivity index (χ4n) is 2.67. The molecule has 0 amide bonds. The zero-order chi connectivity index (χ0) is 18.0. The molecule has 3 rings (SSSR count). The summed E-state index contributed by atoms with van der Waals surface area (Å²) in [5, 5.41) is 12.1. The fourth-order valence-corrected chi connectivity index (χ4v) is 2.67. The number of nitro benzene ring substituents is 1. The zero-order valence-electron chi connectivity index (χ0n) is 13.9. The number of fused-ring (bicyclic) bond motifs is 1. The van der Waals surface area contributed by atoms with E-state index in [1.807, 2.05) is 32.0 Å². The largest absolute Gasteiger partial charge is 0.453 e. The predicted octanol–water partition coefficient (Wildman–Crippen LogP) is 5.36. The molecule has 0 aliphatic heterocycles. The van der Waals surface area contributed by atoms with Crippen LogP contribution in [0.25, 0.3) is 17.0 Å². The maximum atomic E-state index is 12.3. The topological polar surface area (TPSA) is 73.3 Å². The molecule has 0 saturated heterocycles. The summed E-state index contributed by atoms with van der Waals surface area (Å²) >= 11 is 0. The Balaban J connectivity index is 1.87. The Morgan fingerprint density at radius 2 is 1.92 bits per heavy atom.